The second-order valence-corrected chi connectivity index (χ2v) is 9.90. The highest BCUT2D eigenvalue weighted by Crippen LogP contribution is 2.40. The van der Waals surface area contributed by atoms with E-state index in [1.165, 1.54) is 0 Å². The predicted molar refractivity (Wildman–Crippen MR) is 144 cm³/mol. The molecule has 0 saturated carbocycles. The molecule has 36 heavy (non-hydrogen) atoms. The summed E-state index contributed by atoms with van der Waals surface area (Å²) in [4.78, 5) is 11.6. The average molecular weight is 527 g/mol. The van der Waals surface area contributed by atoms with Crippen LogP contribution in [0.3, 0.4) is 0 Å². The minimum absolute atomic E-state index is 0.328. The number of hydrogen-bond donors (Lipinski definition) is 0. The first kappa shape index (κ1) is 31.2. The summed E-state index contributed by atoms with van der Waals surface area (Å²) >= 11 is 6.66. The second-order valence-electron chi connectivity index (χ2n) is 9.49. The molecule has 0 unspecified atom stereocenters. The van der Waals surface area contributed by atoms with Crippen LogP contribution in [0.15, 0.2) is 18.2 Å². The molecule has 1 aliphatic heterocycles. The summed E-state index contributed by atoms with van der Waals surface area (Å²) in [6, 6.07) is 5.26. The summed E-state index contributed by atoms with van der Waals surface area (Å²) in [5.41, 5.74) is 1.28. The normalized spacial score (nSPS) is 24.2. The molecule has 1 saturated heterocycles. The number of benzene rings is 1. The molecule has 1 aliphatic rings. The molecule has 0 spiro atoms. The van der Waals surface area contributed by atoms with Gasteiger partial charge in [-0.2, -0.15) is 0 Å². The maximum Gasteiger partial charge on any atom is 0.150 e. The van der Waals surface area contributed by atoms with Gasteiger partial charge in [-0.05, 0) is 37.8 Å². The highest BCUT2D eigenvalue weighted by Gasteiger charge is 2.49. The zero-order valence-electron chi connectivity index (χ0n) is 22.7. The summed E-state index contributed by atoms with van der Waals surface area (Å²) < 4.78 is 32.2. The van der Waals surface area contributed by atoms with Crippen LogP contribution in [-0.2, 0) is 23.7 Å². The largest absolute Gasteiger partial charge is 0.379 e. The van der Waals surface area contributed by atoms with Gasteiger partial charge in [0.1, 0.15) is 36.8 Å². The third-order valence-corrected chi connectivity index (χ3v) is 6.79. The first-order valence-corrected chi connectivity index (χ1v) is 14.3. The molecular formula is C29H47ClO6. The van der Waals surface area contributed by atoms with E-state index in [1.807, 2.05) is 0 Å². The molecule has 0 aromatic heterocycles. The number of carbonyl (C=O) groups is 1. The lowest BCUT2D eigenvalue weighted by molar-refractivity contribution is -0.268. The maximum absolute atomic E-state index is 11.6. The van der Waals surface area contributed by atoms with Crippen LogP contribution in [0.4, 0.5) is 0 Å². The number of ether oxygens (including phenoxy) is 5. The molecule has 0 amide bonds. The Kier molecular flexibility index (Phi) is 15.8. The van der Waals surface area contributed by atoms with Crippen molar-refractivity contribution in [1.29, 1.82) is 0 Å². The van der Waals surface area contributed by atoms with E-state index in [-0.39, 0.29) is 18.3 Å². The minimum Gasteiger partial charge on any atom is -0.379 e. The number of unbranched alkanes of at least 4 members (excludes halogenated alkanes) is 4. The molecule has 7 heteroatoms. The highest BCUT2D eigenvalue weighted by atomic mass is 35.5. The molecule has 0 radical (unpaired) electrons. The lowest BCUT2D eigenvalue weighted by atomic mass is 9.89. The summed E-state index contributed by atoms with van der Waals surface area (Å²) in [6.07, 6.45) is 6.85. The summed E-state index contributed by atoms with van der Waals surface area (Å²) in [5, 5.41) is 0.540. The van der Waals surface area contributed by atoms with Crippen LogP contribution in [-0.4, -0.2) is 63.7 Å². The molecule has 0 N–H and O–H groups in total. The van der Waals surface area contributed by atoms with Crippen molar-refractivity contribution in [2.75, 3.05) is 33.0 Å². The number of halogens is 1. The van der Waals surface area contributed by atoms with Crippen LogP contribution in [0.1, 0.15) is 101 Å². The Hall–Kier alpha value is -1.02. The molecule has 206 valence electrons. The van der Waals surface area contributed by atoms with Gasteiger partial charge in [0.2, 0.25) is 0 Å². The van der Waals surface area contributed by atoms with E-state index in [1.54, 1.807) is 18.2 Å². The van der Waals surface area contributed by atoms with Crippen molar-refractivity contribution in [3.8, 4) is 0 Å². The lowest BCUT2D eigenvalue weighted by Crippen LogP contribution is -2.58. The molecular weight excluding hydrogens is 480 g/mol. The van der Waals surface area contributed by atoms with Gasteiger partial charge in [-0.25, -0.2) is 0 Å². The lowest BCUT2D eigenvalue weighted by Gasteiger charge is -2.46. The van der Waals surface area contributed by atoms with E-state index in [9.17, 15) is 4.79 Å². The third kappa shape index (κ3) is 9.70. The number of hydrogen-bond acceptors (Lipinski definition) is 6. The van der Waals surface area contributed by atoms with Crippen molar-refractivity contribution in [2.45, 2.75) is 110 Å². The Morgan fingerprint density at radius 3 is 1.94 bits per heavy atom. The van der Waals surface area contributed by atoms with Gasteiger partial charge in [-0.15, -0.1) is 0 Å². The van der Waals surface area contributed by atoms with Crippen molar-refractivity contribution in [2.24, 2.45) is 0 Å². The summed E-state index contributed by atoms with van der Waals surface area (Å²) in [7, 11) is 0. The molecule has 1 aromatic rings. The van der Waals surface area contributed by atoms with E-state index < -0.39 is 12.2 Å². The molecule has 5 atom stereocenters. The minimum atomic E-state index is -0.508. The second kappa shape index (κ2) is 18.3. The van der Waals surface area contributed by atoms with E-state index in [0.717, 1.165) is 63.2 Å². The number of aldehydes is 1. The maximum atomic E-state index is 11.6. The van der Waals surface area contributed by atoms with Crippen LogP contribution < -0.4 is 0 Å². The van der Waals surface area contributed by atoms with E-state index in [4.69, 9.17) is 35.3 Å². The first-order valence-electron chi connectivity index (χ1n) is 13.9. The van der Waals surface area contributed by atoms with Crippen LogP contribution in [0, 0.1) is 0 Å². The molecule has 1 aromatic carbocycles. The smallest absolute Gasteiger partial charge is 0.150 e. The molecule has 6 nitrogen and oxygen atoms in total. The molecule has 0 aliphatic carbocycles. The summed E-state index contributed by atoms with van der Waals surface area (Å²) in [5.74, 6) is 0. The van der Waals surface area contributed by atoms with Gasteiger partial charge in [0, 0.05) is 42.6 Å². The Morgan fingerprint density at radius 2 is 1.36 bits per heavy atom. The van der Waals surface area contributed by atoms with Gasteiger partial charge in [0.25, 0.3) is 0 Å². The highest BCUT2D eigenvalue weighted by molar-refractivity contribution is 6.31. The molecule has 1 fully saturated rings. The average Bonchev–Trinajstić information content (AvgIpc) is 2.89. The van der Waals surface area contributed by atoms with Gasteiger partial charge < -0.3 is 23.7 Å². The summed E-state index contributed by atoms with van der Waals surface area (Å²) in [6.45, 7) is 11.5. The van der Waals surface area contributed by atoms with Gasteiger partial charge >= 0.3 is 0 Å². The SMILES string of the molecule is CCCCOC[C@H]1O[C@@H](c2cc(C=O)ccc2Cl)[C@H](OCCCC)[C@@H](OCCCC)[C@@H]1OCCCC. The molecule has 1 heterocycles. The Bertz CT molecular complexity index is 730. The fourth-order valence-corrected chi connectivity index (χ4v) is 4.49. The van der Waals surface area contributed by atoms with E-state index >= 15 is 0 Å². The molecule has 0 bridgehead atoms. The van der Waals surface area contributed by atoms with Crippen molar-refractivity contribution in [3.63, 3.8) is 0 Å². The zero-order valence-corrected chi connectivity index (χ0v) is 23.5. The van der Waals surface area contributed by atoms with Crippen LogP contribution in [0.5, 0.6) is 0 Å². The zero-order chi connectivity index (χ0) is 26.2. The van der Waals surface area contributed by atoms with Crippen LogP contribution in [0.2, 0.25) is 5.02 Å². The quantitative estimate of drug-likeness (QED) is 0.143. The fourth-order valence-electron chi connectivity index (χ4n) is 4.26. The van der Waals surface area contributed by atoms with Gasteiger partial charge in [-0.1, -0.05) is 71.0 Å². The monoisotopic (exact) mass is 526 g/mol. The first-order chi connectivity index (χ1) is 17.6. The van der Waals surface area contributed by atoms with Gasteiger partial charge in [0.05, 0.1) is 6.61 Å². The van der Waals surface area contributed by atoms with Crippen LogP contribution in [0.25, 0.3) is 0 Å². The van der Waals surface area contributed by atoms with Crippen molar-refractivity contribution in [3.05, 3.63) is 34.3 Å². The van der Waals surface area contributed by atoms with Crippen molar-refractivity contribution >= 4 is 17.9 Å². The van der Waals surface area contributed by atoms with Gasteiger partial charge in [0.15, 0.2) is 0 Å². The fraction of sp³-hybridized carbons (Fsp3) is 0.759. The number of rotatable bonds is 19. The van der Waals surface area contributed by atoms with Gasteiger partial charge in [-0.3, -0.25) is 4.79 Å². The van der Waals surface area contributed by atoms with Crippen molar-refractivity contribution in [1.82, 2.24) is 0 Å². The van der Waals surface area contributed by atoms with Crippen molar-refractivity contribution < 1.29 is 28.5 Å². The van der Waals surface area contributed by atoms with E-state index in [0.29, 0.717) is 43.6 Å². The standard InChI is InChI=1S/C29H47ClO6/c1-5-9-15-32-21-25-27(33-16-10-6-2)29(35-18-12-8-4)28(34-17-11-7-3)26(36-25)23-19-22(20-31)13-14-24(23)30/h13-14,19-20,25-29H,5-12,15-18,21H2,1-4H3/t25-,26+,27-,28+,29+/m1/s1. The van der Waals surface area contributed by atoms with E-state index in [2.05, 4.69) is 27.7 Å². The van der Waals surface area contributed by atoms with Crippen LogP contribution >= 0.6 is 11.6 Å². The Morgan fingerprint density at radius 1 is 0.806 bits per heavy atom. The predicted octanol–water partition coefficient (Wildman–Crippen LogP) is 6.97. The Balaban J connectivity index is 2.45. The Labute approximate surface area is 223 Å². The third-order valence-electron chi connectivity index (χ3n) is 6.45. The number of carbonyl (C=O) groups excluding carboxylic acids is 1. The topological polar surface area (TPSA) is 63.2 Å². The molecule has 2 rings (SSSR count).